The average Bonchev–Trinajstić information content (AvgIpc) is 2.96. The van der Waals surface area contributed by atoms with Gasteiger partial charge in [-0.3, -0.25) is 4.79 Å². The van der Waals surface area contributed by atoms with Crippen molar-refractivity contribution in [3.8, 4) is 0 Å². The summed E-state index contributed by atoms with van der Waals surface area (Å²) in [4.78, 5) is 13.5. The molecule has 1 unspecified atom stereocenters. The number of carbonyl (C=O) groups excluding carboxylic acids is 1. The highest BCUT2D eigenvalue weighted by Crippen LogP contribution is 2.21. The molecular weight excluding hydrogens is 260 g/mol. The highest BCUT2D eigenvalue weighted by molar-refractivity contribution is 7.89. The van der Waals surface area contributed by atoms with E-state index in [1.165, 1.54) is 11.0 Å². The van der Waals surface area contributed by atoms with Crippen LogP contribution in [0.4, 0.5) is 0 Å². The molecule has 100 valence electrons. The molecule has 1 amide bonds. The maximum atomic E-state index is 12.0. The SMILES string of the molecule is NS(=O)(=O)c1ccc(C(=O)N2CCCC2CO)o1. The molecule has 3 N–H and O–H groups in total. The van der Waals surface area contributed by atoms with Crippen LogP contribution in [-0.4, -0.2) is 43.5 Å². The third-order valence-corrected chi connectivity index (χ3v) is 3.70. The number of rotatable bonds is 3. The minimum absolute atomic E-state index is 0.0839. The first-order valence-corrected chi connectivity index (χ1v) is 7.02. The van der Waals surface area contributed by atoms with Gasteiger partial charge in [0.15, 0.2) is 5.76 Å². The lowest BCUT2D eigenvalue weighted by atomic mass is 10.2. The number of aliphatic hydroxyl groups is 1. The lowest BCUT2D eigenvalue weighted by Crippen LogP contribution is -2.37. The zero-order valence-corrected chi connectivity index (χ0v) is 10.4. The van der Waals surface area contributed by atoms with Crippen LogP contribution in [0.1, 0.15) is 23.4 Å². The predicted octanol–water partition coefficient (Wildman–Crippen LogP) is -0.476. The van der Waals surface area contributed by atoms with Gasteiger partial charge in [0.1, 0.15) is 0 Å². The summed E-state index contributed by atoms with van der Waals surface area (Å²) in [6.45, 7) is 0.407. The number of nitrogens with two attached hydrogens (primary N) is 1. The Bertz CT molecular complexity index is 550. The van der Waals surface area contributed by atoms with Gasteiger partial charge in [-0.2, -0.15) is 0 Å². The smallest absolute Gasteiger partial charge is 0.289 e. The molecule has 0 aliphatic carbocycles. The summed E-state index contributed by atoms with van der Waals surface area (Å²) in [5, 5.41) is 13.6. The van der Waals surface area contributed by atoms with Crippen molar-refractivity contribution in [2.75, 3.05) is 13.2 Å². The molecule has 0 aromatic carbocycles. The number of nitrogens with zero attached hydrogens (tertiary/aromatic N) is 1. The highest BCUT2D eigenvalue weighted by Gasteiger charge is 2.31. The number of furan rings is 1. The van der Waals surface area contributed by atoms with E-state index in [0.29, 0.717) is 6.54 Å². The van der Waals surface area contributed by atoms with E-state index in [2.05, 4.69) is 0 Å². The van der Waals surface area contributed by atoms with Crippen LogP contribution in [0.2, 0.25) is 0 Å². The van der Waals surface area contributed by atoms with Crippen LogP contribution in [0.3, 0.4) is 0 Å². The normalized spacial score (nSPS) is 20.3. The zero-order chi connectivity index (χ0) is 13.3. The average molecular weight is 274 g/mol. The lowest BCUT2D eigenvalue weighted by Gasteiger charge is -2.21. The summed E-state index contributed by atoms with van der Waals surface area (Å²) in [5.74, 6) is -0.513. The van der Waals surface area contributed by atoms with Crippen molar-refractivity contribution in [1.29, 1.82) is 0 Å². The minimum atomic E-state index is -3.94. The highest BCUT2D eigenvalue weighted by atomic mass is 32.2. The van der Waals surface area contributed by atoms with Gasteiger partial charge in [-0.15, -0.1) is 0 Å². The third kappa shape index (κ3) is 2.40. The van der Waals surface area contributed by atoms with Crippen molar-refractivity contribution in [2.45, 2.75) is 24.0 Å². The van der Waals surface area contributed by atoms with E-state index in [1.54, 1.807) is 0 Å². The maximum Gasteiger partial charge on any atom is 0.289 e. The van der Waals surface area contributed by atoms with Gasteiger partial charge in [-0.1, -0.05) is 0 Å². The molecule has 1 aliphatic rings. The van der Waals surface area contributed by atoms with Crippen molar-refractivity contribution in [2.24, 2.45) is 5.14 Å². The summed E-state index contributed by atoms with van der Waals surface area (Å²) in [7, 11) is -3.94. The van der Waals surface area contributed by atoms with Crippen LogP contribution in [0.5, 0.6) is 0 Å². The Morgan fingerprint density at radius 2 is 2.28 bits per heavy atom. The minimum Gasteiger partial charge on any atom is -0.438 e. The molecule has 1 atom stereocenters. The molecule has 2 rings (SSSR count). The Kier molecular flexibility index (Phi) is 3.42. The van der Waals surface area contributed by atoms with Gasteiger partial charge in [0.05, 0.1) is 12.6 Å². The molecule has 7 nitrogen and oxygen atoms in total. The van der Waals surface area contributed by atoms with Crippen molar-refractivity contribution >= 4 is 15.9 Å². The maximum absolute atomic E-state index is 12.0. The van der Waals surface area contributed by atoms with Gasteiger partial charge < -0.3 is 14.4 Å². The molecule has 18 heavy (non-hydrogen) atoms. The Hall–Kier alpha value is -1.38. The summed E-state index contributed by atoms with van der Waals surface area (Å²) >= 11 is 0. The molecular formula is C10H14N2O5S. The van der Waals surface area contributed by atoms with Gasteiger partial charge in [0, 0.05) is 6.54 Å². The number of primary sulfonamides is 1. The molecule has 0 spiro atoms. The Labute approximate surface area is 104 Å². The van der Waals surface area contributed by atoms with Crippen LogP contribution in [0.15, 0.2) is 21.6 Å². The number of carbonyl (C=O) groups is 1. The number of hydrogen-bond donors (Lipinski definition) is 2. The Balaban J connectivity index is 2.22. The number of aliphatic hydroxyl groups excluding tert-OH is 1. The molecule has 0 radical (unpaired) electrons. The van der Waals surface area contributed by atoms with E-state index in [-0.39, 0.29) is 18.4 Å². The second-order valence-electron chi connectivity index (χ2n) is 4.14. The zero-order valence-electron chi connectivity index (χ0n) is 9.57. The number of hydrogen-bond acceptors (Lipinski definition) is 5. The summed E-state index contributed by atoms with van der Waals surface area (Å²) < 4.78 is 27.0. The van der Waals surface area contributed by atoms with Crippen LogP contribution >= 0.6 is 0 Å². The molecule has 1 aromatic heterocycles. The molecule has 8 heteroatoms. The standard InChI is InChI=1S/C10H14N2O5S/c11-18(15,16)9-4-3-8(17-9)10(14)12-5-1-2-7(12)6-13/h3-4,7,13H,1-2,5-6H2,(H2,11,15,16). The topological polar surface area (TPSA) is 114 Å². The van der Waals surface area contributed by atoms with Gasteiger partial charge in [0.2, 0.25) is 5.09 Å². The van der Waals surface area contributed by atoms with E-state index in [1.807, 2.05) is 0 Å². The van der Waals surface area contributed by atoms with Crippen LogP contribution in [0.25, 0.3) is 0 Å². The van der Waals surface area contributed by atoms with Crippen molar-refractivity contribution in [3.63, 3.8) is 0 Å². The quantitative estimate of drug-likeness (QED) is 0.773. The van der Waals surface area contributed by atoms with E-state index < -0.39 is 21.0 Å². The predicted molar refractivity (Wildman–Crippen MR) is 61.2 cm³/mol. The van der Waals surface area contributed by atoms with Gasteiger partial charge >= 0.3 is 0 Å². The monoisotopic (exact) mass is 274 g/mol. The first kappa shape index (κ1) is 13.1. The molecule has 1 fully saturated rings. The van der Waals surface area contributed by atoms with Gasteiger partial charge in [0.25, 0.3) is 15.9 Å². The number of likely N-dealkylation sites (tertiary alicyclic amines) is 1. The Morgan fingerprint density at radius 1 is 1.56 bits per heavy atom. The van der Waals surface area contributed by atoms with E-state index in [9.17, 15) is 13.2 Å². The van der Waals surface area contributed by atoms with Crippen LogP contribution < -0.4 is 5.14 Å². The summed E-state index contributed by atoms with van der Waals surface area (Å²) in [6.07, 6.45) is 1.53. The molecule has 0 saturated carbocycles. The number of sulfonamides is 1. The van der Waals surface area contributed by atoms with Crippen LogP contribution in [0, 0.1) is 0 Å². The molecule has 1 aliphatic heterocycles. The summed E-state index contributed by atoms with van der Waals surface area (Å²) in [5.41, 5.74) is 0. The Morgan fingerprint density at radius 3 is 2.83 bits per heavy atom. The fourth-order valence-corrected chi connectivity index (χ4v) is 2.49. The molecule has 0 bridgehead atoms. The van der Waals surface area contributed by atoms with Gasteiger partial charge in [-0.05, 0) is 25.0 Å². The summed E-state index contributed by atoms with van der Waals surface area (Å²) in [6, 6.07) is 2.18. The van der Waals surface area contributed by atoms with E-state index in [0.717, 1.165) is 18.9 Å². The van der Waals surface area contributed by atoms with Gasteiger partial charge in [-0.25, -0.2) is 13.6 Å². The second kappa shape index (κ2) is 4.71. The number of amides is 1. The molecule has 2 heterocycles. The van der Waals surface area contributed by atoms with Crippen LogP contribution in [-0.2, 0) is 10.0 Å². The third-order valence-electron chi connectivity index (χ3n) is 2.92. The second-order valence-corrected chi connectivity index (χ2v) is 5.63. The first-order valence-electron chi connectivity index (χ1n) is 5.48. The largest absolute Gasteiger partial charge is 0.438 e. The van der Waals surface area contributed by atoms with E-state index in [4.69, 9.17) is 14.7 Å². The van der Waals surface area contributed by atoms with E-state index >= 15 is 0 Å². The molecule has 1 saturated heterocycles. The molecule has 1 aromatic rings. The fourth-order valence-electron chi connectivity index (χ4n) is 2.02. The van der Waals surface area contributed by atoms with Crippen molar-refractivity contribution in [3.05, 3.63) is 17.9 Å². The van der Waals surface area contributed by atoms with Crippen molar-refractivity contribution < 1.29 is 22.7 Å². The van der Waals surface area contributed by atoms with Crippen molar-refractivity contribution in [1.82, 2.24) is 4.90 Å². The lowest BCUT2D eigenvalue weighted by molar-refractivity contribution is 0.0640. The first-order chi connectivity index (χ1) is 8.43. The fraction of sp³-hybridized carbons (Fsp3) is 0.500.